The van der Waals surface area contributed by atoms with E-state index in [1.54, 1.807) is 0 Å². The van der Waals surface area contributed by atoms with Crippen LogP contribution in [0.25, 0.3) is 120 Å². The van der Waals surface area contributed by atoms with Crippen molar-refractivity contribution in [2.75, 3.05) is 0 Å². The summed E-state index contributed by atoms with van der Waals surface area (Å²) in [5, 5.41) is 20.3. The highest BCUT2D eigenvalue weighted by atomic mass is 14.2. The van der Waals surface area contributed by atoms with E-state index in [2.05, 4.69) is 206 Å². The molecule has 12 aromatic rings. The molecule has 0 nitrogen and oxygen atoms in total. The fraction of sp³-hybridized carbons (Fsp3) is 0. The standard InChI is InChI=1S/C56H34/c1-4-16-41-35(13-1)30-52(48-22-10-7-19-45(41)48)38-25-27-44-40(29-38)34-56(54-32-37-15-3-6-18-43(37)47-21-9-12-24-50(47)54)55-33-39(26-28-51(44)55)53-31-36-14-2-5-17-42(36)46-20-8-11-23-49(46)53/h1-34H. The van der Waals surface area contributed by atoms with Gasteiger partial charge in [0.2, 0.25) is 0 Å². The molecule has 0 atom stereocenters. The molecule has 0 aromatic heterocycles. The van der Waals surface area contributed by atoms with Crippen molar-refractivity contribution in [1.29, 1.82) is 0 Å². The lowest BCUT2D eigenvalue weighted by Crippen LogP contribution is -1.91. The van der Waals surface area contributed by atoms with Gasteiger partial charge in [-0.1, -0.05) is 170 Å². The average Bonchev–Trinajstić information content (AvgIpc) is 3.27. The van der Waals surface area contributed by atoms with Gasteiger partial charge >= 0.3 is 0 Å². The fourth-order valence-electron chi connectivity index (χ4n) is 9.58. The molecular weight excluding hydrogens is 673 g/mol. The third-order valence-corrected chi connectivity index (χ3v) is 12.2. The van der Waals surface area contributed by atoms with Crippen LogP contribution in [-0.4, -0.2) is 0 Å². The second-order valence-electron chi connectivity index (χ2n) is 15.2. The third-order valence-electron chi connectivity index (χ3n) is 12.2. The van der Waals surface area contributed by atoms with Crippen LogP contribution in [0.5, 0.6) is 0 Å². The first kappa shape index (κ1) is 31.1. The molecule has 0 saturated heterocycles. The molecular formula is C56H34. The van der Waals surface area contributed by atoms with Crippen molar-refractivity contribution in [2.24, 2.45) is 0 Å². The van der Waals surface area contributed by atoms with E-state index < -0.39 is 0 Å². The molecule has 0 aliphatic heterocycles. The topological polar surface area (TPSA) is 0 Å². The van der Waals surface area contributed by atoms with E-state index in [-0.39, 0.29) is 0 Å². The van der Waals surface area contributed by atoms with Gasteiger partial charge < -0.3 is 0 Å². The summed E-state index contributed by atoms with van der Waals surface area (Å²) in [6.07, 6.45) is 0. The third kappa shape index (κ3) is 4.66. The summed E-state index contributed by atoms with van der Waals surface area (Å²) in [5.74, 6) is 0. The Morgan fingerprint density at radius 3 is 0.964 bits per heavy atom. The lowest BCUT2D eigenvalue weighted by molar-refractivity contribution is 1.68. The Morgan fingerprint density at radius 2 is 0.464 bits per heavy atom. The lowest BCUT2D eigenvalue weighted by atomic mass is 9.86. The molecule has 0 aliphatic carbocycles. The van der Waals surface area contributed by atoms with Gasteiger partial charge in [-0.3, -0.25) is 0 Å². The van der Waals surface area contributed by atoms with E-state index in [0.29, 0.717) is 0 Å². The largest absolute Gasteiger partial charge is 0.0616 e. The fourth-order valence-corrected chi connectivity index (χ4v) is 9.58. The first-order valence-corrected chi connectivity index (χ1v) is 19.5. The maximum atomic E-state index is 2.46. The van der Waals surface area contributed by atoms with E-state index in [9.17, 15) is 0 Å². The Kier molecular flexibility index (Phi) is 6.73. The van der Waals surface area contributed by atoms with Crippen LogP contribution in [0, 0.1) is 0 Å². The number of hydrogen-bond acceptors (Lipinski definition) is 0. The van der Waals surface area contributed by atoms with E-state index in [0.717, 1.165) is 0 Å². The number of rotatable bonds is 3. The Hall–Kier alpha value is -7.28. The molecule has 0 bridgehead atoms. The quantitative estimate of drug-likeness (QED) is 0.160. The van der Waals surface area contributed by atoms with Crippen molar-refractivity contribution in [1.82, 2.24) is 0 Å². The first-order chi connectivity index (χ1) is 27.8. The van der Waals surface area contributed by atoms with Gasteiger partial charge in [0, 0.05) is 0 Å². The minimum absolute atomic E-state index is 1.23. The summed E-state index contributed by atoms with van der Waals surface area (Å²) in [4.78, 5) is 0. The second-order valence-corrected chi connectivity index (χ2v) is 15.2. The van der Waals surface area contributed by atoms with Crippen molar-refractivity contribution >= 4 is 86.2 Å². The van der Waals surface area contributed by atoms with E-state index >= 15 is 0 Å². The smallest absolute Gasteiger partial charge is 0.00923 e. The molecule has 0 saturated carbocycles. The summed E-state index contributed by atoms with van der Waals surface area (Å²) in [5.41, 5.74) is 7.48. The van der Waals surface area contributed by atoms with Crippen LogP contribution < -0.4 is 0 Å². The Bertz CT molecular complexity index is 3590. The lowest BCUT2D eigenvalue weighted by Gasteiger charge is -2.18. The predicted octanol–water partition coefficient (Wildman–Crippen LogP) is 15.9. The molecule has 0 heteroatoms. The second kappa shape index (κ2) is 12.1. The Morgan fingerprint density at radius 1 is 0.161 bits per heavy atom. The molecule has 0 fully saturated rings. The maximum absolute atomic E-state index is 2.46. The van der Waals surface area contributed by atoms with Crippen molar-refractivity contribution in [2.45, 2.75) is 0 Å². The van der Waals surface area contributed by atoms with Crippen LogP contribution in [0.2, 0.25) is 0 Å². The maximum Gasteiger partial charge on any atom is -0.00923 e. The van der Waals surface area contributed by atoms with Crippen molar-refractivity contribution in [3.05, 3.63) is 206 Å². The van der Waals surface area contributed by atoms with E-state index in [1.807, 2.05) is 0 Å². The van der Waals surface area contributed by atoms with Crippen molar-refractivity contribution in [3.63, 3.8) is 0 Å². The van der Waals surface area contributed by atoms with Gasteiger partial charge in [-0.05, 0) is 156 Å². The van der Waals surface area contributed by atoms with Gasteiger partial charge in [0.05, 0.1) is 0 Å². The number of hydrogen-bond donors (Lipinski definition) is 0. The van der Waals surface area contributed by atoms with Gasteiger partial charge in [-0.25, -0.2) is 0 Å². The predicted molar refractivity (Wildman–Crippen MR) is 243 cm³/mol. The number of benzene rings is 12. The van der Waals surface area contributed by atoms with Crippen LogP contribution in [0.1, 0.15) is 0 Å². The van der Waals surface area contributed by atoms with Crippen LogP contribution in [0.4, 0.5) is 0 Å². The minimum Gasteiger partial charge on any atom is -0.0616 e. The first-order valence-electron chi connectivity index (χ1n) is 19.5. The molecule has 258 valence electrons. The molecule has 56 heavy (non-hydrogen) atoms. The summed E-state index contributed by atoms with van der Waals surface area (Å²) < 4.78 is 0. The molecule has 12 rings (SSSR count). The van der Waals surface area contributed by atoms with Crippen molar-refractivity contribution in [3.8, 4) is 33.4 Å². The molecule has 0 N–H and O–H groups in total. The van der Waals surface area contributed by atoms with Gasteiger partial charge in [0.25, 0.3) is 0 Å². The average molecular weight is 707 g/mol. The molecule has 0 spiro atoms. The zero-order chi connectivity index (χ0) is 36.7. The van der Waals surface area contributed by atoms with Crippen LogP contribution >= 0.6 is 0 Å². The highest BCUT2D eigenvalue weighted by Crippen LogP contribution is 2.45. The van der Waals surface area contributed by atoms with Gasteiger partial charge in [-0.2, -0.15) is 0 Å². The van der Waals surface area contributed by atoms with Crippen LogP contribution in [-0.2, 0) is 0 Å². The SMILES string of the molecule is c1ccc2c(c1)cc(-c1ccc3c(c1)cc(-c1cc4ccccc4c4ccccc14)c1cc(-c4cc5ccccc5c5ccccc45)ccc13)c1ccccc12. The normalized spacial score (nSPS) is 11.9. The highest BCUT2D eigenvalue weighted by molar-refractivity contribution is 6.22. The molecule has 0 heterocycles. The molecule has 0 radical (unpaired) electrons. The van der Waals surface area contributed by atoms with Gasteiger partial charge in [-0.15, -0.1) is 0 Å². The molecule has 0 amide bonds. The van der Waals surface area contributed by atoms with Crippen LogP contribution in [0.3, 0.4) is 0 Å². The minimum atomic E-state index is 1.23. The highest BCUT2D eigenvalue weighted by Gasteiger charge is 2.17. The van der Waals surface area contributed by atoms with E-state index in [4.69, 9.17) is 0 Å². The summed E-state index contributed by atoms with van der Waals surface area (Å²) in [6, 6.07) is 76.8. The summed E-state index contributed by atoms with van der Waals surface area (Å²) in [6.45, 7) is 0. The Labute approximate surface area is 324 Å². The zero-order valence-electron chi connectivity index (χ0n) is 30.6. The zero-order valence-corrected chi connectivity index (χ0v) is 30.6. The molecule has 0 unspecified atom stereocenters. The molecule has 12 aromatic carbocycles. The van der Waals surface area contributed by atoms with Crippen molar-refractivity contribution < 1.29 is 0 Å². The molecule has 0 aliphatic rings. The van der Waals surface area contributed by atoms with E-state index in [1.165, 1.54) is 120 Å². The van der Waals surface area contributed by atoms with Crippen LogP contribution in [0.15, 0.2) is 206 Å². The monoisotopic (exact) mass is 706 g/mol. The summed E-state index contributed by atoms with van der Waals surface area (Å²) in [7, 11) is 0. The Balaban J connectivity index is 1.18. The number of fused-ring (bicyclic) bond motifs is 12. The van der Waals surface area contributed by atoms with Gasteiger partial charge in [0.15, 0.2) is 0 Å². The summed E-state index contributed by atoms with van der Waals surface area (Å²) >= 11 is 0. The van der Waals surface area contributed by atoms with Gasteiger partial charge in [0.1, 0.15) is 0 Å².